The van der Waals surface area contributed by atoms with Gasteiger partial charge in [-0.3, -0.25) is 0 Å². The van der Waals surface area contributed by atoms with Crippen LogP contribution in [0, 0.1) is 0 Å². The van der Waals surface area contributed by atoms with Gasteiger partial charge in [0.1, 0.15) is 0 Å². The van der Waals surface area contributed by atoms with Crippen molar-refractivity contribution in [3.8, 4) is 0 Å². The summed E-state index contributed by atoms with van der Waals surface area (Å²) in [5, 5.41) is 11.6. The van der Waals surface area contributed by atoms with Gasteiger partial charge in [-0.05, 0) is 37.1 Å². The maximum absolute atomic E-state index is 12.1. The molecule has 1 aliphatic rings. The molecule has 0 aromatic heterocycles. The van der Waals surface area contributed by atoms with E-state index in [-0.39, 0.29) is 17.7 Å². The number of carboxylic acid groups (broad SMARTS) is 1. The van der Waals surface area contributed by atoms with Gasteiger partial charge in [-0.15, -0.1) is 0 Å². The minimum absolute atomic E-state index is 0.0869. The van der Waals surface area contributed by atoms with Crippen molar-refractivity contribution in [3.63, 3.8) is 0 Å². The van der Waals surface area contributed by atoms with Crippen molar-refractivity contribution in [1.29, 1.82) is 0 Å². The van der Waals surface area contributed by atoms with Crippen LogP contribution in [0.15, 0.2) is 24.3 Å². The van der Waals surface area contributed by atoms with Gasteiger partial charge in [-0.1, -0.05) is 0 Å². The first-order valence-corrected chi connectivity index (χ1v) is 6.52. The monoisotopic (exact) mass is 278 g/mol. The number of carboxylic acids is 1. The van der Waals surface area contributed by atoms with Crippen LogP contribution in [0.1, 0.15) is 23.2 Å². The van der Waals surface area contributed by atoms with Crippen LogP contribution in [0.25, 0.3) is 0 Å². The average Bonchev–Trinajstić information content (AvgIpc) is 2.47. The molecule has 0 bridgehead atoms. The fourth-order valence-electron chi connectivity index (χ4n) is 2.21. The van der Waals surface area contributed by atoms with Crippen LogP contribution in [0.3, 0.4) is 0 Å². The van der Waals surface area contributed by atoms with Crippen LogP contribution in [-0.4, -0.2) is 48.3 Å². The van der Waals surface area contributed by atoms with Crippen molar-refractivity contribution in [2.45, 2.75) is 18.9 Å². The molecule has 0 spiro atoms. The number of amides is 2. The summed E-state index contributed by atoms with van der Waals surface area (Å²) in [7, 11) is 1.65. The van der Waals surface area contributed by atoms with E-state index >= 15 is 0 Å². The molecular formula is C14H18N2O4. The Balaban J connectivity index is 1.95. The van der Waals surface area contributed by atoms with Crippen LogP contribution >= 0.6 is 0 Å². The Labute approximate surface area is 117 Å². The number of aromatic carboxylic acids is 1. The van der Waals surface area contributed by atoms with E-state index in [4.69, 9.17) is 9.84 Å². The molecule has 1 saturated heterocycles. The molecule has 0 aliphatic carbocycles. The van der Waals surface area contributed by atoms with Crippen LogP contribution in [-0.2, 0) is 4.74 Å². The number of carbonyl (C=O) groups excluding carboxylic acids is 1. The number of likely N-dealkylation sites (tertiary alicyclic amines) is 1. The highest BCUT2D eigenvalue weighted by Gasteiger charge is 2.23. The molecule has 1 aliphatic heterocycles. The Morgan fingerprint density at radius 2 is 2.05 bits per heavy atom. The number of urea groups is 1. The number of nitrogens with one attached hydrogen (secondary N) is 1. The van der Waals surface area contributed by atoms with E-state index in [1.807, 2.05) is 0 Å². The minimum Gasteiger partial charge on any atom is -0.478 e. The molecule has 2 rings (SSSR count). The van der Waals surface area contributed by atoms with Gasteiger partial charge in [-0.2, -0.15) is 0 Å². The Bertz CT molecular complexity index is 486. The number of piperidine rings is 1. The zero-order valence-electron chi connectivity index (χ0n) is 11.3. The number of carbonyl (C=O) groups is 2. The lowest BCUT2D eigenvalue weighted by Crippen LogP contribution is -2.44. The highest BCUT2D eigenvalue weighted by molar-refractivity contribution is 5.91. The zero-order chi connectivity index (χ0) is 14.5. The van der Waals surface area contributed by atoms with Gasteiger partial charge in [0, 0.05) is 25.9 Å². The smallest absolute Gasteiger partial charge is 0.335 e. The number of nitrogens with zero attached hydrogens (tertiary/aromatic N) is 1. The molecule has 1 heterocycles. The third-order valence-corrected chi connectivity index (χ3v) is 3.38. The van der Waals surface area contributed by atoms with Gasteiger partial charge in [-0.25, -0.2) is 9.59 Å². The molecule has 2 N–H and O–H groups in total. The number of hydrogen-bond acceptors (Lipinski definition) is 3. The predicted molar refractivity (Wildman–Crippen MR) is 74.0 cm³/mol. The van der Waals surface area contributed by atoms with Crippen molar-refractivity contribution in [1.82, 2.24) is 4.90 Å². The van der Waals surface area contributed by atoms with E-state index in [0.717, 1.165) is 12.8 Å². The molecule has 1 atom stereocenters. The van der Waals surface area contributed by atoms with Gasteiger partial charge in [0.2, 0.25) is 0 Å². The van der Waals surface area contributed by atoms with E-state index in [9.17, 15) is 9.59 Å². The van der Waals surface area contributed by atoms with Gasteiger partial charge >= 0.3 is 12.0 Å². The second kappa shape index (κ2) is 6.38. The average molecular weight is 278 g/mol. The summed E-state index contributed by atoms with van der Waals surface area (Å²) in [6, 6.07) is 5.91. The summed E-state index contributed by atoms with van der Waals surface area (Å²) in [6.07, 6.45) is 1.97. The van der Waals surface area contributed by atoms with Crippen molar-refractivity contribution in [3.05, 3.63) is 29.8 Å². The van der Waals surface area contributed by atoms with Crippen LogP contribution < -0.4 is 5.32 Å². The maximum atomic E-state index is 12.1. The second-order valence-electron chi connectivity index (χ2n) is 4.76. The molecule has 0 saturated carbocycles. The lowest BCUT2D eigenvalue weighted by molar-refractivity contribution is 0.0458. The SMILES string of the molecule is COC1CCCN(C(=O)Nc2ccc(C(=O)O)cc2)C1. The molecule has 1 fully saturated rings. The van der Waals surface area contributed by atoms with Gasteiger partial charge < -0.3 is 20.1 Å². The molecule has 0 radical (unpaired) electrons. The molecule has 1 aromatic rings. The largest absolute Gasteiger partial charge is 0.478 e. The Morgan fingerprint density at radius 1 is 1.35 bits per heavy atom. The summed E-state index contributed by atoms with van der Waals surface area (Å²) in [5.41, 5.74) is 0.778. The second-order valence-corrected chi connectivity index (χ2v) is 4.76. The molecule has 1 aromatic carbocycles. The zero-order valence-corrected chi connectivity index (χ0v) is 11.3. The van der Waals surface area contributed by atoms with E-state index in [0.29, 0.717) is 18.8 Å². The minimum atomic E-state index is -0.984. The number of methoxy groups -OCH3 is 1. The summed E-state index contributed by atoms with van der Waals surface area (Å²) >= 11 is 0. The highest BCUT2D eigenvalue weighted by atomic mass is 16.5. The molecule has 1 unspecified atom stereocenters. The number of rotatable bonds is 3. The fraction of sp³-hybridized carbons (Fsp3) is 0.429. The van der Waals surface area contributed by atoms with Crippen molar-refractivity contribution >= 4 is 17.7 Å². The Morgan fingerprint density at radius 3 is 2.65 bits per heavy atom. The molecule has 108 valence electrons. The fourth-order valence-corrected chi connectivity index (χ4v) is 2.21. The van der Waals surface area contributed by atoms with Crippen molar-refractivity contribution in [2.24, 2.45) is 0 Å². The van der Waals surface area contributed by atoms with Crippen LogP contribution in [0.4, 0.5) is 10.5 Å². The standard InChI is InChI=1S/C14H18N2O4/c1-20-12-3-2-8-16(9-12)14(19)15-11-6-4-10(5-7-11)13(17)18/h4-7,12H,2-3,8-9H2,1H3,(H,15,19)(H,17,18). The summed E-state index contributed by atoms with van der Waals surface area (Å²) in [6.45, 7) is 1.29. The van der Waals surface area contributed by atoms with Crippen molar-refractivity contribution in [2.75, 3.05) is 25.5 Å². The van der Waals surface area contributed by atoms with Crippen molar-refractivity contribution < 1.29 is 19.4 Å². The van der Waals surface area contributed by atoms with E-state index in [1.165, 1.54) is 12.1 Å². The lowest BCUT2D eigenvalue weighted by Gasteiger charge is -2.31. The van der Waals surface area contributed by atoms with Crippen LogP contribution in [0.5, 0.6) is 0 Å². The quantitative estimate of drug-likeness (QED) is 0.886. The molecule has 6 nitrogen and oxygen atoms in total. The first-order chi connectivity index (χ1) is 9.60. The Hall–Kier alpha value is -2.08. The predicted octanol–water partition coefficient (Wildman–Crippen LogP) is 2.03. The first-order valence-electron chi connectivity index (χ1n) is 6.52. The number of anilines is 1. The molecule has 2 amide bonds. The van der Waals surface area contributed by atoms with E-state index in [2.05, 4.69) is 5.32 Å². The summed E-state index contributed by atoms with van der Waals surface area (Å²) < 4.78 is 5.28. The van der Waals surface area contributed by atoms with Crippen LogP contribution in [0.2, 0.25) is 0 Å². The van der Waals surface area contributed by atoms with Gasteiger partial charge in [0.15, 0.2) is 0 Å². The van der Waals surface area contributed by atoms with E-state index < -0.39 is 5.97 Å². The molecule has 6 heteroatoms. The van der Waals surface area contributed by atoms with E-state index in [1.54, 1.807) is 24.1 Å². The normalized spacial score (nSPS) is 18.6. The lowest BCUT2D eigenvalue weighted by atomic mass is 10.1. The molecular weight excluding hydrogens is 260 g/mol. The third-order valence-electron chi connectivity index (χ3n) is 3.38. The summed E-state index contributed by atoms with van der Waals surface area (Å²) in [5.74, 6) is -0.984. The number of benzene rings is 1. The highest BCUT2D eigenvalue weighted by Crippen LogP contribution is 2.15. The molecule has 20 heavy (non-hydrogen) atoms. The number of hydrogen-bond donors (Lipinski definition) is 2. The third kappa shape index (κ3) is 3.48. The maximum Gasteiger partial charge on any atom is 0.335 e. The van der Waals surface area contributed by atoms with Gasteiger partial charge in [0.25, 0.3) is 0 Å². The first kappa shape index (κ1) is 14.3. The summed E-state index contributed by atoms with van der Waals surface area (Å²) in [4.78, 5) is 24.5. The van der Waals surface area contributed by atoms with Gasteiger partial charge in [0.05, 0.1) is 11.7 Å². The topological polar surface area (TPSA) is 78.9 Å². The number of ether oxygens (including phenoxy) is 1. The Kier molecular flexibility index (Phi) is 4.57.